The van der Waals surface area contributed by atoms with Gasteiger partial charge in [0.1, 0.15) is 18.2 Å². The Morgan fingerprint density at radius 1 is 1.06 bits per heavy atom. The highest BCUT2D eigenvalue weighted by Gasteiger charge is 2.03. The van der Waals surface area contributed by atoms with Crippen molar-refractivity contribution >= 4 is 39.1 Å². The van der Waals surface area contributed by atoms with Crippen LogP contribution in [-0.4, -0.2) is 0 Å². The van der Waals surface area contributed by atoms with Crippen molar-refractivity contribution in [3.8, 4) is 5.75 Å². The number of rotatable bonds is 3. The van der Waals surface area contributed by atoms with Gasteiger partial charge in [-0.2, -0.15) is 0 Å². The van der Waals surface area contributed by atoms with Gasteiger partial charge < -0.3 is 4.74 Å². The number of hydrogen-bond acceptors (Lipinski definition) is 1. The molecule has 0 saturated carbocycles. The molecule has 0 unspecified atom stereocenters. The van der Waals surface area contributed by atoms with Gasteiger partial charge in [-0.1, -0.05) is 29.3 Å². The molecule has 0 saturated heterocycles. The largest absolute Gasteiger partial charge is 0.489 e. The lowest BCUT2D eigenvalue weighted by molar-refractivity contribution is 0.306. The zero-order valence-corrected chi connectivity index (χ0v) is 12.2. The van der Waals surface area contributed by atoms with Gasteiger partial charge in [-0.25, -0.2) is 4.39 Å². The molecular weight excluding hydrogens is 342 g/mol. The van der Waals surface area contributed by atoms with Crippen molar-refractivity contribution in [1.82, 2.24) is 0 Å². The van der Waals surface area contributed by atoms with Gasteiger partial charge in [-0.05, 0) is 51.8 Å². The molecule has 0 amide bonds. The molecule has 5 heteroatoms. The minimum Gasteiger partial charge on any atom is -0.489 e. The van der Waals surface area contributed by atoms with E-state index in [2.05, 4.69) is 15.9 Å². The van der Waals surface area contributed by atoms with E-state index in [1.54, 1.807) is 30.3 Å². The van der Waals surface area contributed by atoms with E-state index in [1.165, 1.54) is 6.07 Å². The molecule has 0 aliphatic carbocycles. The number of halogens is 4. The first kappa shape index (κ1) is 13.7. The number of ether oxygens (including phenoxy) is 1. The van der Waals surface area contributed by atoms with E-state index in [0.29, 0.717) is 26.9 Å². The summed E-state index contributed by atoms with van der Waals surface area (Å²) in [6.45, 7) is 0.315. The molecule has 0 aromatic heterocycles. The summed E-state index contributed by atoms with van der Waals surface area (Å²) in [5.74, 6) is 0.275. The number of hydrogen-bond donors (Lipinski definition) is 0. The van der Waals surface area contributed by atoms with Crippen LogP contribution in [0.5, 0.6) is 5.75 Å². The Kier molecular flexibility index (Phi) is 4.49. The molecule has 94 valence electrons. The van der Waals surface area contributed by atoms with Gasteiger partial charge >= 0.3 is 0 Å². The molecule has 2 aromatic carbocycles. The van der Waals surface area contributed by atoms with Crippen LogP contribution in [0.3, 0.4) is 0 Å². The Hall–Kier alpha value is -0.770. The van der Waals surface area contributed by atoms with Crippen molar-refractivity contribution in [3.63, 3.8) is 0 Å². The van der Waals surface area contributed by atoms with Gasteiger partial charge in [-0.15, -0.1) is 0 Å². The Morgan fingerprint density at radius 2 is 1.72 bits per heavy atom. The molecule has 0 radical (unpaired) electrons. The monoisotopic (exact) mass is 348 g/mol. The minimum atomic E-state index is -0.301. The van der Waals surface area contributed by atoms with Crippen molar-refractivity contribution in [2.24, 2.45) is 0 Å². The molecule has 0 aliphatic heterocycles. The molecule has 0 heterocycles. The van der Waals surface area contributed by atoms with E-state index < -0.39 is 0 Å². The smallest absolute Gasteiger partial charge is 0.137 e. The van der Waals surface area contributed by atoms with Crippen LogP contribution in [0.1, 0.15) is 5.56 Å². The second-order valence-corrected chi connectivity index (χ2v) is 5.37. The van der Waals surface area contributed by atoms with Crippen LogP contribution in [-0.2, 0) is 6.61 Å². The van der Waals surface area contributed by atoms with Gasteiger partial charge in [0.25, 0.3) is 0 Å². The van der Waals surface area contributed by atoms with E-state index in [1.807, 2.05) is 0 Å². The van der Waals surface area contributed by atoms with Crippen LogP contribution in [0.15, 0.2) is 40.9 Å². The van der Waals surface area contributed by atoms with E-state index in [-0.39, 0.29) is 5.82 Å². The van der Waals surface area contributed by atoms with Gasteiger partial charge in [-0.3, -0.25) is 0 Å². The van der Waals surface area contributed by atoms with Crippen LogP contribution in [0.25, 0.3) is 0 Å². The predicted molar refractivity (Wildman–Crippen MR) is 74.9 cm³/mol. The summed E-state index contributed by atoms with van der Waals surface area (Å²) in [5, 5.41) is 1.02. The first-order valence-electron chi connectivity index (χ1n) is 5.07. The second kappa shape index (κ2) is 5.91. The zero-order chi connectivity index (χ0) is 13.1. The molecule has 18 heavy (non-hydrogen) atoms. The maximum Gasteiger partial charge on any atom is 0.137 e. The Bertz CT molecular complexity index is 555. The normalized spacial score (nSPS) is 10.4. The molecule has 2 rings (SSSR count). The molecule has 1 nitrogen and oxygen atoms in total. The molecule has 0 bridgehead atoms. The predicted octanol–water partition coefficient (Wildman–Crippen LogP) is 5.47. The first-order chi connectivity index (χ1) is 8.54. The van der Waals surface area contributed by atoms with Crippen LogP contribution < -0.4 is 4.74 Å². The number of benzene rings is 2. The molecule has 0 aliphatic rings. The summed E-state index contributed by atoms with van der Waals surface area (Å²) in [6.07, 6.45) is 0. The highest BCUT2D eigenvalue weighted by molar-refractivity contribution is 9.10. The Morgan fingerprint density at radius 3 is 2.33 bits per heavy atom. The highest BCUT2D eigenvalue weighted by atomic mass is 79.9. The first-order valence-corrected chi connectivity index (χ1v) is 6.62. The fourth-order valence-electron chi connectivity index (χ4n) is 1.41. The maximum absolute atomic E-state index is 13.0. The molecule has 0 N–H and O–H groups in total. The molecule has 0 fully saturated rings. The lowest BCUT2D eigenvalue weighted by Gasteiger charge is -2.08. The summed E-state index contributed by atoms with van der Waals surface area (Å²) in [5.41, 5.74) is 0.847. The van der Waals surface area contributed by atoms with Crippen molar-refractivity contribution in [3.05, 3.63) is 62.3 Å². The Labute approximate surface area is 123 Å². The van der Waals surface area contributed by atoms with Gasteiger partial charge in [0.2, 0.25) is 0 Å². The SMILES string of the molecule is Fc1ccc(COc2cc(Cl)cc(Cl)c2)cc1Br. The van der Waals surface area contributed by atoms with Gasteiger partial charge in [0, 0.05) is 10.0 Å². The fourth-order valence-corrected chi connectivity index (χ4v) is 2.34. The average molecular weight is 350 g/mol. The Balaban J connectivity index is 2.08. The summed E-state index contributed by atoms with van der Waals surface area (Å²) in [6, 6.07) is 9.68. The van der Waals surface area contributed by atoms with Crippen LogP contribution >= 0.6 is 39.1 Å². The highest BCUT2D eigenvalue weighted by Crippen LogP contribution is 2.25. The molecular formula is C13H8BrCl2FO. The fraction of sp³-hybridized carbons (Fsp3) is 0.0769. The van der Waals surface area contributed by atoms with Crippen molar-refractivity contribution in [2.45, 2.75) is 6.61 Å². The maximum atomic E-state index is 13.0. The minimum absolute atomic E-state index is 0.301. The third-order valence-electron chi connectivity index (χ3n) is 2.23. The van der Waals surface area contributed by atoms with E-state index in [0.717, 1.165) is 5.56 Å². The standard InChI is InChI=1S/C13H8BrCl2FO/c14-12-3-8(1-2-13(12)17)7-18-11-5-9(15)4-10(16)6-11/h1-6H,7H2. The molecule has 0 atom stereocenters. The van der Waals surface area contributed by atoms with E-state index in [9.17, 15) is 4.39 Å². The van der Waals surface area contributed by atoms with Crippen LogP contribution in [0, 0.1) is 5.82 Å². The van der Waals surface area contributed by atoms with Gasteiger partial charge in [0.15, 0.2) is 0 Å². The molecule has 0 spiro atoms. The lowest BCUT2D eigenvalue weighted by atomic mass is 10.2. The molecule has 2 aromatic rings. The van der Waals surface area contributed by atoms with E-state index >= 15 is 0 Å². The van der Waals surface area contributed by atoms with E-state index in [4.69, 9.17) is 27.9 Å². The van der Waals surface area contributed by atoms with Crippen LogP contribution in [0.4, 0.5) is 4.39 Å². The topological polar surface area (TPSA) is 9.23 Å². The van der Waals surface area contributed by atoms with Gasteiger partial charge in [0.05, 0.1) is 4.47 Å². The zero-order valence-electron chi connectivity index (χ0n) is 9.09. The second-order valence-electron chi connectivity index (χ2n) is 3.64. The summed E-state index contributed by atoms with van der Waals surface area (Å²) < 4.78 is 19.0. The van der Waals surface area contributed by atoms with Crippen molar-refractivity contribution in [1.29, 1.82) is 0 Å². The summed E-state index contributed by atoms with van der Waals surface area (Å²) in [4.78, 5) is 0. The van der Waals surface area contributed by atoms with Crippen LogP contribution in [0.2, 0.25) is 10.0 Å². The third-order valence-corrected chi connectivity index (χ3v) is 3.27. The lowest BCUT2D eigenvalue weighted by Crippen LogP contribution is -1.96. The summed E-state index contributed by atoms with van der Waals surface area (Å²) in [7, 11) is 0. The average Bonchev–Trinajstić information content (AvgIpc) is 2.29. The van der Waals surface area contributed by atoms with Crippen molar-refractivity contribution < 1.29 is 9.13 Å². The summed E-state index contributed by atoms with van der Waals surface area (Å²) >= 11 is 14.8. The third kappa shape index (κ3) is 3.61. The van der Waals surface area contributed by atoms with Crippen molar-refractivity contribution in [2.75, 3.05) is 0 Å². The quantitative estimate of drug-likeness (QED) is 0.713.